The summed E-state index contributed by atoms with van der Waals surface area (Å²) >= 11 is 0. The van der Waals surface area contributed by atoms with Gasteiger partial charge in [0.1, 0.15) is 0 Å². The maximum absolute atomic E-state index is 2.59. The molecule has 73 heavy (non-hydrogen) atoms. The van der Waals surface area contributed by atoms with E-state index in [9.17, 15) is 0 Å². The SMILES string of the molecule is CC1(C)c2cc3c(cc2-c2cc4c5ccccc5c5ccccc5c4cc21)C(C)(C)c1cc2ccccc2cc1N3c1cccc(-n2c3ccccc3c3cc4c5ccccc5n(-c5ccccc5)c4cc32)c1. The molecular formula is C70H49N3. The third-order valence-corrected chi connectivity index (χ3v) is 17.2. The first kappa shape index (κ1) is 40.8. The lowest BCUT2D eigenvalue weighted by atomic mass is 9.71. The highest BCUT2D eigenvalue weighted by molar-refractivity contribution is 6.26. The number of benzene rings is 12. The highest BCUT2D eigenvalue weighted by Crippen LogP contribution is 2.59. The Balaban J connectivity index is 0.947. The third-order valence-electron chi connectivity index (χ3n) is 17.2. The van der Waals surface area contributed by atoms with E-state index in [2.05, 4.69) is 266 Å². The van der Waals surface area contributed by atoms with Gasteiger partial charge >= 0.3 is 0 Å². The highest BCUT2D eigenvalue weighted by atomic mass is 15.2. The van der Waals surface area contributed by atoms with Gasteiger partial charge in [-0.25, -0.2) is 0 Å². The Labute approximate surface area is 423 Å². The van der Waals surface area contributed by atoms with Gasteiger partial charge in [0.05, 0.1) is 33.4 Å². The number of rotatable bonds is 3. The average Bonchev–Trinajstić information content (AvgIpc) is 4.01. The summed E-state index contributed by atoms with van der Waals surface area (Å²) in [5, 5.41) is 15.4. The second-order valence-corrected chi connectivity index (χ2v) is 21.7. The monoisotopic (exact) mass is 931 g/mol. The van der Waals surface area contributed by atoms with Crippen molar-refractivity contribution in [2.24, 2.45) is 0 Å². The smallest absolute Gasteiger partial charge is 0.0562 e. The molecule has 12 aromatic carbocycles. The number of fused-ring (bicyclic) bond motifs is 18. The number of nitrogens with zero attached hydrogens (tertiary/aromatic N) is 3. The molecule has 0 fully saturated rings. The quantitative estimate of drug-likeness (QED) is 0.161. The van der Waals surface area contributed by atoms with Gasteiger partial charge in [0.2, 0.25) is 0 Å². The van der Waals surface area contributed by atoms with Crippen LogP contribution in [0.15, 0.2) is 224 Å². The first-order valence-electron chi connectivity index (χ1n) is 25.8. The molecule has 3 heterocycles. The van der Waals surface area contributed by atoms with E-state index in [-0.39, 0.29) is 10.8 Å². The number of anilines is 3. The zero-order valence-corrected chi connectivity index (χ0v) is 41.2. The van der Waals surface area contributed by atoms with Gasteiger partial charge in [-0.3, -0.25) is 0 Å². The summed E-state index contributed by atoms with van der Waals surface area (Å²) in [5.41, 5.74) is 18.2. The molecule has 0 spiro atoms. The van der Waals surface area contributed by atoms with Crippen molar-refractivity contribution in [3.05, 3.63) is 247 Å². The minimum atomic E-state index is -0.306. The van der Waals surface area contributed by atoms with Gasteiger partial charge < -0.3 is 14.0 Å². The maximum Gasteiger partial charge on any atom is 0.0562 e. The Kier molecular flexibility index (Phi) is 8.02. The van der Waals surface area contributed by atoms with Crippen molar-refractivity contribution in [3.8, 4) is 22.5 Å². The first-order valence-corrected chi connectivity index (χ1v) is 25.8. The molecule has 0 amide bonds. The molecule has 3 nitrogen and oxygen atoms in total. The van der Waals surface area contributed by atoms with E-state index in [4.69, 9.17) is 0 Å². The molecule has 0 saturated carbocycles. The van der Waals surface area contributed by atoms with E-state index >= 15 is 0 Å². The van der Waals surface area contributed by atoms with Crippen molar-refractivity contribution in [1.29, 1.82) is 0 Å². The van der Waals surface area contributed by atoms with Crippen LogP contribution < -0.4 is 4.90 Å². The van der Waals surface area contributed by atoms with Crippen LogP contribution in [0.25, 0.3) is 109 Å². The molecule has 1 aliphatic heterocycles. The van der Waals surface area contributed by atoms with E-state index < -0.39 is 0 Å². The van der Waals surface area contributed by atoms with Crippen LogP contribution in [0.2, 0.25) is 0 Å². The Morgan fingerprint density at radius 1 is 0.260 bits per heavy atom. The zero-order valence-electron chi connectivity index (χ0n) is 41.2. The summed E-state index contributed by atoms with van der Waals surface area (Å²) in [6.07, 6.45) is 0. The van der Waals surface area contributed by atoms with Crippen LogP contribution in [0.5, 0.6) is 0 Å². The topological polar surface area (TPSA) is 13.1 Å². The van der Waals surface area contributed by atoms with Crippen LogP contribution in [-0.2, 0) is 10.8 Å². The van der Waals surface area contributed by atoms with E-state index in [0.717, 1.165) is 17.1 Å². The molecule has 0 atom stereocenters. The minimum absolute atomic E-state index is 0.252. The Morgan fingerprint density at radius 2 is 0.712 bits per heavy atom. The van der Waals surface area contributed by atoms with Crippen LogP contribution in [0.4, 0.5) is 17.1 Å². The Bertz CT molecular complexity index is 4740. The molecule has 14 aromatic rings. The fraction of sp³-hybridized carbons (Fsp3) is 0.0857. The fourth-order valence-electron chi connectivity index (χ4n) is 13.7. The Hall–Kier alpha value is -8.92. The molecule has 16 rings (SSSR count). The molecule has 0 saturated heterocycles. The number of aromatic nitrogens is 2. The highest BCUT2D eigenvalue weighted by Gasteiger charge is 2.43. The molecule has 3 heteroatoms. The van der Waals surface area contributed by atoms with Gasteiger partial charge in [-0.05, 0) is 167 Å². The van der Waals surface area contributed by atoms with Crippen molar-refractivity contribution >= 4 is 104 Å². The standard InChI is InChI=1S/C70H49N3/c1-69(2)59-38-54-50-28-13-11-26-48(50)47-25-10-12-27-49(47)53(54)36-55(59)56-39-62-68(40-60(56)69)73(67-34-43-20-9-8-19-42(43)33-61(67)70(62,3)4)46-24-18-23-45(35-46)72-64-32-17-15-30-52(64)58-37-57-51-29-14-16-31-63(51)71(65(57)41-66(58)72)44-21-6-5-7-22-44/h5-41H,1-4H3. The summed E-state index contributed by atoms with van der Waals surface area (Å²) in [6, 6.07) is 84.7. The lowest BCUT2D eigenvalue weighted by Gasteiger charge is -2.43. The summed E-state index contributed by atoms with van der Waals surface area (Å²) in [6.45, 7) is 9.76. The molecule has 2 aliphatic rings. The Morgan fingerprint density at radius 3 is 1.37 bits per heavy atom. The largest absolute Gasteiger partial charge is 0.310 e. The first-order chi connectivity index (χ1) is 35.7. The van der Waals surface area contributed by atoms with Gasteiger partial charge in [0.15, 0.2) is 0 Å². The van der Waals surface area contributed by atoms with E-state index in [0.29, 0.717) is 0 Å². The van der Waals surface area contributed by atoms with Gasteiger partial charge in [-0.2, -0.15) is 0 Å². The molecule has 1 aliphatic carbocycles. The third kappa shape index (κ3) is 5.44. The van der Waals surface area contributed by atoms with Crippen LogP contribution in [0.1, 0.15) is 49.9 Å². The van der Waals surface area contributed by atoms with Gasteiger partial charge in [-0.15, -0.1) is 0 Å². The van der Waals surface area contributed by atoms with Crippen molar-refractivity contribution in [1.82, 2.24) is 9.13 Å². The van der Waals surface area contributed by atoms with Crippen LogP contribution >= 0.6 is 0 Å². The van der Waals surface area contributed by atoms with Crippen LogP contribution in [0.3, 0.4) is 0 Å². The number of hydrogen-bond acceptors (Lipinski definition) is 1. The normalized spacial score (nSPS) is 14.5. The van der Waals surface area contributed by atoms with Crippen molar-refractivity contribution in [2.75, 3.05) is 4.90 Å². The summed E-state index contributed by atoms with van der Waals surface area (Å²) in [5.74, 6) is 0. The minimum Gasteiger partial charge on any atom is -0.310 e. The van der Waals surface area contributed by atoms with E-state index in [1.807, 2.05) is 0 Å². The van der Waals surface area contributed by atoms with Crippen LogP contribution in [-0.4, -0.2) is 9.13 Å². The van der Waals surface area contributed by atoms with E-state index in [1.165, 1.54) is 131 Å². The second kappa shape index (κ2) is 14.4. The number of hydrogen-bond donors (Lipinski definition) is 0. The lowest BCUT2D eigenvalue weighted by Crippen LogP contribution is -2.31. The number of para-hydroxylation sites is 3. The summed E-state index contributed by atoms with van der Waals surface area (Å²) < 4.78 is 4.93. The molecule has 0 unspecified atom stereocenters. The molecule has 2 aromatic heterocycles. The molecule has 0 bridgehead atoms. The molecular weight excluding hydrogens is 883 g/mol. The van der Waals surface area contributed by atoms with Crippen molar-refractivity contribution < 1.29 is 0 Å². The molecule has 0 radical (unpaired) electrons. The molecule has 0 N–H and O–H groups in total. The van der Waals surface area contributed by atoms with Gasteiger partial charge in [0.25, 0.3) is 0 Å². The molecule has 344 valence electrons. The predicted octanol–water partition coefficient (Wildman–Crippen LogP) is 18.9. The van der Waals surface area contributed by atoms with Gasteiger partial charge in [-0.1, -0.05) is 161 Å². The zero-order chi connectivity index (χ0) is 48.5. The average molecular weight is 932 g/mol. The van der Waals surface area contributed by atoms with Crippen molar-refractivity contribution in [3.63, 3.8) is 0 Å². The lowest BCUT2D eigenvalue weighted by molar-refractivity contribution is 0.628. The summed E-state index contributed by atoms with van der Waals surface area (Å²) in [7, 11) is 0. The predicted molar refractivity (Wildman–Crippen MR) is 310 cm³/mol. The maximum atomic E-state index is 2.59. The van der Waals surface area contributed by atoms with Gasteiger partial charge in [0, 0.05) is 49.4 Å². The van der Waals surface area contributed by atoms with E-state index in [1.54, 1.807) is 0 Å². The second-order valence-electron chi connectivity index (χ2n) is 21.7. The summed E-state index contributed by atoms with van der Waals surface area (Å²) in [4.78, 5) is 2.59. The van der Waals surface area contributed by atoms with Crippen molar-refractivity contribution in [2.45, 2.75) is 38.5 Å². The van der Waals surface area contributed by atoms with Crippen LogP contribution in [0, 0.1) is 0 Å². The fourth-order valence-corrected chi connectivity index (χ4v) is 13.7.